The lowest BCUT2D eigenvalue weighted by atomic mass is 9.99. The summed E-state index contributed by atoms with van der Waals surface area (Å²) >= 11 is 4.97. The Kier molecular flexibility index (Phi) is 4.75. The van der Waals surface area contributed by atoms with Crippen LogP contribution in [0.4, 0.5) is 0 Å². The molecule has 2 nitrogen and oxygen atoms in total. The number of aryl methyl sites for hydroxylation is 1. The van der Waals surface area contributed by atoms with E-state index in [4.69, 9.17) is 17.5 Å². The van der Waals surface area contributed by atoms with Crippen LogP contribution in [0, 0.1) is 11.3 Å². The van der Waals surface area contributed by atoms with Crippen LogP contribution in [-0.2, 0) is 6.42 Å². The van der Waals surface area contributed by atoms with Gasteiger partial charge in [0, 0.05) is 17.4 Å². The predicted octanol–water partition coefficient (Wildman–Crippen LogP) is 3.72. The van der Waals surface area contributed by atoms with Gasteiger partial charge in [-0.3, -0.25) is 4.79 Å². The van der Waals surface area contributed by atoms with E-state index in [2.05, 4.69) is 0 Å². The average molecular weight is 279 g/mol. The fourth-order valence-electron chi connectivity index (χ4n) is 2.03. The van der Waals surface area contributed by atoms with Crippen LogP contribution in [0.1, 0.15) is 33.5 Å². The molecule has 0 unspecified atom stereocenters. The SMILES string of the molecule is N#Cc1cccc(C(=O)CCc2ccccc2C=S)c1. The van der Waals surface area contributed by atoms with Gasteiger partial charge >= 0.3 is 0 Å². The molecule has 3 heteroatoms. The van der Waals surface area contributed by atoms with Gasteiger partial charge in [-0.15, -0.1) is 0 Å². The standard InChI is InChI=1S/C17H13NOS/c18-11-13-4-3-7-15(10-13)17(19)9-8-14-5-1-2-6-16(14)12-20/h1-7,10,12H,8-9H2. The highest BCUT2D eigenvalue weighted by Crippen LogP contribution is 2.13. The highest BCUT2D eigenvalue weighted by molar-refractivity contribution is 7.79. The van der Waals surface area contributed by atoms with E-state index in [0.717, 1.165) is 11.1 Å². The van der Waals surface area contributed by atoms with Crippen molar-refractivity contribution < 1.29 is 4.79 Å². The van der Waals surface area contributed by atoms with Crippen LogP contribution in [0.3, 0.4) is 0 Å². The lowest BCUT2D eigenvalue weighted by Crippen LogP contribution is -2.03. The zero-order chi connectivity index (χ0) is 14.4. The van der Waals surface area contributed by atoms with Gasteiger partial charge in [0.2, 0.25) is 0 Å². The van der Waals surface area contributed by atoms with Crippen LogP contribution in [0.2, 0.25) is 0 Å². The minimum atomic E-state index is 0.0428. The molecule has 0 fully saturated rings. The molecule has 2 rings (SSSR count). The Hall–Kier alpha value is -2.31. The molecule has 0 spiro atoms. The fraction of sp³-hybridized carbons (Fsp3) is 0.118. The summed E-state index contributed by atoms with van der Waals surface area (Å²) in [7, 11) is 0. The van der Waals surface area contributed by atoms with Crippen LogP contribution in [-0.4, -0.2) is 11.2 Å². The van der Waals surface area contributed by atoms with Crippen molar-refractivity contribution >= 4 is 23.4 Å². The number of Topliss-reactive ketones (excluding diaryl/α,β-unsaturated/α-hetero) is 1. The van der Waals surface area contributed by atoms with Crippen molar-refractivity contribution in [3.63, 3.8) is 0 Å². The molecule has 0 N–H and O–H groups in total. The smallest absolute Gasteiger partial charge is 0.163 e. The van der Waals surface area contributed by atoms with Gasteiger partial charge in [-0.2, -0.15) is 5.26 Å². The van der Waals surface area contributed by atoms with Crippen molar-refractivity contribution in [1.82, 2.24) is 0 Å². The molecule has 0 atom stereocenters. The van der Waals surface area contributed by atoms with Gasteiger partial charge in [-0.25, -0.2) is 0 Å². The monoisotopic (exact) mass is 279 g/mol. The third-order valence-electron chi connectivity index (χ3n) is 3.12. The molecule has 0 aliphatic rings. The van der Waals surface area contributed by atoms with Crippen molar-refractivity contribution in [3.05, 3.63) is 70.8 Å². The maximum absolute atomic E-state index is 12.1. The second-order valence-corrected chi connectivity index (χ2v) is 4.67. The third-order valence-corrected chi connectivity index (χ3v) is 3.37. The molecule has 0 saturated carbocycles. The molecule has 0 heterocycles. The van der Waals surface area contributed by atoms with E-state index < -0.39 is 0 Å². The van der Waals surface area contributed by atoms with Gasteiger partial charge in [0.1, 0.15) is 0 Å². The van der Waals surface area contributed by atoms with Crippen molar-refractivity contribution in [1.29, 1.82) is 5.26 Å². The van der Waals surface area contributed by atoms with Gasteiger partial charge in [0.25, 0.3) is 0 Å². The first-order valence-electron chi connectivity index (χ1n) is 6.31. The maximum Gasteiger partial charge on any atom is 0.163 e. The number of hydrogen-bond donors (Lipinski definition) is 0. The molecule has 2 aromatic rings. The van der Waals surface area contributed by atoms with Gasteiger partial charge in [-0.1, -0.05) is 48.6 Å². The minimum absolute atomic E-state index is 0.0428. The summed E-state index contributed by atoms with van der Waals surface area (Å²) < 4.78 is 0. The number of carbonyl (C=O) groups excluding carboxylic acids is 1. The van der Waals surface area contributed by atoms with E-state index in [1.54, 1.807) is 29.6 Å². The van der Waals surface area contributed by atoms with Crippen molar-refractivity contribution in [3.8, 4) is 6.07 Å². The number of benzene rings is 2. The van der Waals surface area contributed by atoms with E-state index in [-0.39, 0.29) is 5.78 Å². The van der Waals surface area contributed by atoms with Crippen molar-refractivity contribution in [2.24, 2.45) is 0 Å². The normalized spacial score (nSPS) is 9.75. The molecule has 0 bridgehead atoms. The molecular weight excluding hydrogens is 266 g/mol. The highest BCUT2D eigenvalue weighted by atomic mass is 32.1. The number of nitriles is 1. The Morgan fingerprint density at radius 2 is 2.00 bits per heavy atom. The third kappa shape index (κ3) is 3.37. The number of ketones is 1. The Morgan fingerprint density at radius 1 is 1.20 bits per heavy atom. The molecular formula is C17H13NOS. The Bertz CT molecular complexity index is 685. The average Bonchev–Trinajstić information content (AvgIpc) is 2.52. The van der Waals surface area contributed by atoms with Gasteiger partial charge in [-0.05, 0) is 29.7 Å². The molecule has 98 valence electrons. The fourth-order valence-corrected chi connectivity index (χ4v) is 2.26. The van der Waals surface area contributed by atoms with Crippen molar-refractivity contribution in [2.45, 2.75) is 12.8 Å². The lowest BCUT2D eigenvalue weighted by molar-refractivity contribution is 0.0983. The van der Waals surface area contributed by atoms with Crippen LogP contribution >= 0.6 is 12.2 Å². The van der Waals surface area contributed by atoms with E-state index in [1.807, 2.05) is 30.3 Å². The van der Waals surface area contributed by atoms with E-state index in [1.165, 1.54) is 0 Å². The number of rotatable bonds is 5. The summed E-state index contributed by atoms with van der Waals surface area (Å²) in [6.07, 6.45) is 1.06. The number of hydrogen-bond acceptors (Lipinski definition) is 3. The quantitative estimate of drug-likeness (QED) is 0.618. The van der Waals surface area contributed by atoms with Crippen LogP contribution in [0.25, 0.3) is 0 Å². The minimum Gasteiger partial charge on any atom is -0.294 e. The zero-order valence-corrected chi connectivity index (χ0v) is 11.7. The summed E-state index contributed by atoms with van der Waals surface area (Å²) in [6.45, 7) is 0. The maximum atomic E-state index is 12.1. The van der Waals surface area contributed by atoms with Crippen LogP contribution < -0.4 is 0 Å². The Morgan fingerprint density at radius 3 is 2.75 bits per heavy atom. The Balaban J connectivity index is 2.09. The van der Waals surface area contributed by atoms with Gasteiger partial charge in [0.15, 0.2) is 5.78 Å². The molecule has 0 radical (unpaired) electrons. The highest BCUT2D eigenvalue weighted by Gasteiger charge is 2.08. The van der Waals surface area contributed by atoms with E-state index in [0.29, 0.717) is 24.0 Å². The summed E-state index contributed by atoms with van der Waals surface area (Å²) in [5, 5.41) is 10.5. The predicted molar refractivity (Wildman–Crippen MR) is 83.0 cm³/mol. The van der Waals surface area contributed by atoms with Gasteiger partial charge < -0.3 is 0 Å². The van der Waals surface area contributed by atoms with Gasteiger partial charge in [0.05, 0.1) is 11.6 Å². The number of carbonyl (C=O) groups is 1. The molecule has 20 heavy (non-hydrogen) atoms. The molecule has 0 aliphatic heterocycles. The Labute approximate surface area is 123 Å². The topological polar surface area (TPSA) is 40.9 Å². The summed E-state index contributed by atoms with van der Waals surface area (Å²) in [6, 6.07) is 16.6. The second kappa shape index (κ2) is 6.74. The summed E-state index contributed by atoms with van der Waals surface area (Å²) in [5.41, 5.74) is 3.16. The molecule has 0 saturated heterocycles. The summed E-state index contributed by atoms with van der Waals surface area (Å²) in [4.78, 5) is 12.1. The first-order chi connectivity index (χ1) is 9.74. The van der Waals surface area contributed by atoms with Crippen LogP contribution in [0.5, 0.6) is 0 Å². The first-order valence-corrected chi connectivity index (χ1v) is 6.78. The van der Waals surface area contributed by atoms with E-state index >= 15 is 0 Å². The zero-order valence-electron chi connectivity index (χ0n) is 10.9. The largest absolute Gasteiger partial charge is 0.294 e. The number of nitrogens with zero attached hydrogens (tertiary/aromatic N) is 1. The molecule has 0 aliphatic carbocycles. The molecule has 0 amide bonds. The number of thiocarbonyl (C=S) groups is 1. The van der Waals surface area contributed by atoms with E-state index in [9.17, 15) is 4.79 Å². The summed E-state index contributed by atoms with van der Waals surface area (Å²) in [5.74, 6) is 0.0428. The molecule has 0 aromatic heterocycles. The molecule has 2 aromatic carbocycles. The second-order valence-electron chi connectivity index (χ2n) is 4.43. The lowest BCUT2D eigenvalue weighted by Gasteiger charge is -2.05. The first kappa shape index (κ1) is 14.1. The van der Waals surface area contributed by atoms with Crippen LogP contribution in [0.15, 0.2) is 48.5 Å². The van der Waals surface area contributed by atoms with Crippen molar-refractivity contribution in [2.75, 3.05) is 0 Å².